The number of hydrogen-bond donors (Lipinski definition) is 1. The topological polar surface area (TPSA) is 24.5 Å². The molecule has 3 heteroatoms. The van der Waals surface area contributed by atoms with Crippen LogP contribution in [-0.2, 0) is 4.74 Å². The fourth-order valence-electron chi connectivity index (χ4n) is 2.47. The van der Waals surface area contributed by atoms with Gasteiger partial charge in [0.2, 0.25) is 0 Å². The Bertz CT molecular complexity index is 199. The molecule has 0 saturated carbocycles. The summed E-state index contributed by atoms with van der Waals surface area (Å²) >= 11 is 0. The summed E-state index contributed by atoms with van der Waals surface area (Å²) in [6.45, 7) is 13.2. The highest BCUT2D eigenvalue weighted by atomic mass is 16.5. The number of morpholine rings is 1. The zero-order valence-electron chi connectivity index (χ0n) is 12.0. The molecule has 17 heavy (non-hydrogen) atoms. The predicted octanol–water partition coefficient (Wildman–Crippen LogP) is 2.26. The molecular weight excluding hydrogens is 212 g/mol. The summed E-state index contributed by atoms with van der Waals surface area (Å²) in [7, 11) is 0. The molecule has 0 aliphatic carbocycles. The molecule has 0 spiro atoms. The Balaban J connectivity index is 2.18. The number of unbranched alkanes of at least 4 members (excludes halogenated alkanes) is 2. The van der Waals surface area contributed by atoms with Gasteiger partial charge in [-0.1, -0.05) is 19.8 Å². The van der Waals surface area contributed by atoms with Crippen molar-refractivity contribution in [1.29, 1.82) is 0 Å². The van der Waals surface area contributed by atoms with Crippen LogP contribution in [0.2, 0.25) is 0 Å². The van der Waals surface area contributed by atoms with E-state index in [0.29, 0.717) is 18.2 Å². The largest absolute Gasteiger partial charge is 0.376 e. The van der Waals surface area contributed by atoms with E-state index in [1.165, 1.54) is 19.3 Å². The average Bonchev–Trinajstić information content (AvgIpc) is 2.32. The van der Waals surface area contributed by atoms with Crippen LogP contribution >= 0.6 is 0 Å². The summed E-state index contributed by atoms with van der Waals surface area (Å²) in [4.78, 5) is 2.57. The monoisotopic (exact) mass is 242 g/mol. The van der Waals surface area contributed by atoms with Gasteiger partial charge in [0.1, 0.15) is 0 Å². The minimum absolute atomic E-state index is 0.383. The Morgan fingerprint density at radius 2 is 2.12 bits per heavy atom. The van der Waals surface area contributed by atoms with E-state index in [9.17, 15) is 0 Å². The molecule has 0 radical (unpaired) electrons. The van der Waals surface area contributed by atoms with Gasteiger partial charge >= 0.3 is 0 Å². The predicted molar refractivity (Wildman–Crippen MR) is 73.4 cm³/mol. The summed E-state index contributed by atoms with van der Waals surface area (Å²) in [5.41, 5.74) is 0. The number of ether oxygens (including phenoxy) is 1. The van der Waals surface area contributed by atoms with Crippen LogP contribution in [0, 0.1) is 0 Å². The number of nitrogens with one attached hydrogen (secondary N) is 1. The molecule has 0 aromatic rings. The van der Waals surface area contributed by atoms with E-state index in [4.69, 9.17) is 4.74 Å². The van der Waals surface area contributed by atoms with Crippen molar-refractivity contribution in [3.05, 3.63) is 0 Å². The van der Waals surface area contributed by atoms with Crippen LogP contribution in [0.4, 0.5) is 0 Å². The van der Waals surface area contributed by atoms with Gasteiger partial charge in [0, 0.05) is 25.2 Å². The molecule has 1 aliphatic rings. The van der Waals surface area contributed by atoms with Gasteiger partial charge in [-0.3, -0.25) is 4.90 Å². The van der Waals surface area contributed by atoms with Crippen LogP contribution in [0.15, 0.2) is 0 Å². The molecule has 0 aromatic heterocycles. The second-order valence-corrected chi connectivity index (χ2v) is 5.45. The number of nitrogens with zero attached hydrogens (tertiary/aromatic N) is 1. The summed E-state index contributed by atoms with van der Waals surface area (Å²) in [6.07, 6.45) is 4.33. The van der Waals surface area contributed by atoms with E-state index in [2.05, 4.69) is 37.9 Å². The lowest BCUT2D eigenvalue weighted by Crippen LogP contribution is -2.53. The van der Waals surface area contributed by atoms with Gasteiger partial charge in [-0.25, -0.2) is 0 Å². The minimum Gasteiger partial charge on any atom is -0.376 e. The average molecular weight is 242 g/mol. The van der Waals surface area contributed by atoms with Crippen LogP contribution in [0.1, 0.15) is 47.0 Å². The van der Waals surface area contributed by atoms with E-state index in [0.717, 1.165) is 26.2 Å². The van der Waals surface area contributed by atoms with Crippen molar-refractivity contribution < 1.29 is 4.74 Å². The Morgan fingerprint density at radius 3 is 2.82 bits per heavy atom. The third-order valence-electron chi connectivity index (χ3n) is 3.62. The first-order valence-corrected chi connectivity index (χ1v) is 7.23. The van der Waals surface area contributed by atoms with E-state index < -0.39 is 0 Å². The zero-order chi connectivity index (χ0) is 12.7. The second kappa shape index (κ2) is 8.06. The van der Waals surface area contributed by atoms with Gasteiger partial charge < -0.3 is 10.1 Å². The van der Waals surface area contributed by atoms with Crippen LogP contribution < -0.4 is 5.32 Å². The highest BCUT2D eigenvalue weighted by Gasteiger charge is 2.26. The Hall–Kier alpha value is -0.120. The fourth-order valence-corrected chi connectivity index (χ4v) is 2.47. The lowest BCUT2D eigenvalue weighted by Gasteiger charge is -2.40. The van der Waals surface area contributed by atoms with Gasteiger partial charge in [-0.05, 0) is 33.7 Å². The van der Waals surface area contributed by atoms with Crippen molar-refractivity contribution in [3.8, 4) is 0 Å². The maximum absolute atomic E-state index is 5.67. The molecule has 0 bridgehead atoms. The fraction of sp³-hybridized carbons (Fsp3) is 1.00. The number of hydrogen-bond acceptors (Lipinski definition) is 3. The Labute approximate surface area is 107 Å². The minimum atomic E-state index is 0.383. The summed E-state index contributed by atoms with van der Waals surface area (Å²) < 4.78 is 5.67. The highest BCUT2D eigenvalue weighted by molar-refractivity contribution is 4.80. The van der Waals surface area contributed by atoms with E-state index in [-0.39, 0.29) is 0 Å². The summed E-state index contributed by atoms with van der Waals surface area (Å²) in [5, 5.41) is 3.57. The summed E-state index contributed by atoms with van der Waals surface area (Å²) in [5.74, 6) is 0. The third-order valence-corrected chi connectivity index (χ3v) is 3.62. The van der Waals surface area contributed by atoms with Crippen molar-refractivity contribution in [2.24, 2.45) is 0 Å². The summed E-state index contributed by atoms with van der Waals surface area (Å²) in [6, 6.07) is 1.16. The maximum atomic E-state index is 5.67. The van der Waals surface area contributed by atoms with Crippen LogP contribution in [0.5, 0.6) is 0 Å². The molecule has 1 saturated heterocycles. The first-order chi connectivity index (χ1) is 8.15. The van der Waals surface area contributed by atoms with Crippen molar-refractivity contribution in [2.75, 3.05) is 26.2 Å². The van der Waals surface area contributed by atoms with Crippen molar-refractivity contribution >= 4 is 0 Å². The third kappa shape index (κ3) is 5.36. The molecule has 1 N–H and O–H groups in total. The van der Waals surface area contributed by atoms with Gasteiger partial charge in [-0.15, -0.1) is 0 Å². The molecule has 3 unspecified atom stereocenters. The van der Waals surface area contributed by atoms with Crippen LogP contribution in [0.25, 0.3) is 0 Å². The van der Waals surface area contributed by atoms with Crippen molar-refractivity contribution in [2.45, 2.75) is 65.1 Å². The molecule has 0 aromatic carbocycles. The Kier molecular flexibility index (Phi) is 7.09. The maximum Gasteiger partial charge on any atom is 0.0674 e. The number of rotatable bonds is 7. The van der Waals surface area contributed by atoms with E-state index >= 15 is 0 Å². The molecular formula is C14H30N2O. The van der Waals surface area contributed by atoms with Crippen LogP contribution in [0.3, 0.4) is 0 Å². The van der Waals surface area contributed by atoms with Crippen LogP contribution in [-0.4, -0.2) is 49.3 Å². The molecule has 102 valence electrons. The molecule has 1 fully saturated rings. The molecule has 3 nitrogen and oxygen atoms in total. The second-order valence-electron chi connectivity index (χ2n) is 5.45. The highest BCUT2D eigenvalue weighted by Crippen LogP contribution is 2.14. The van der Waals surface area contributed by atoms with E-state index in [1.54, 1.807) is 0 Å². The van der Waals surface area contributed by atoms with E-state index in [1.807, 2.05) is 0 Å². The standard InChI is InChI=1S/C14H30N2O/c1-5-6-7-8-15-9-12(2)16-10-14(4)17-11-13(16)3/h12-15H,5-11H2,1-4H3. The SMILES string of the molecule is CCCCCNCC(C)N1CC(C)OCC1C. The molecule has 1 heterocycles. The van der Waals surface area contributed by atoms with Gasteiger partial charge in [0.25, 0.3) is 0 Å². The molecule has 0 amide bonds. The van der Waals surface area contributed by atoms with Gasteiger partial charge in [0.15, 0.2) is 0 Å². The quantitative estimate of drug-likeness (QED) is 0.693. The van der Waals surface area contributed by atoms with Crippen molar-refractivity contribution in [3.63, 3.8) is 0 Å². The lowest BCUT2D eigenvalue weighted by atomic mass is 10.1. The molecule has 3 atom stereocenters. The molecule has 1 aliphatic heterocycles. The zero-order valence-corrected chi connectivity index (χ0v) is 12.0. The smallest absolute Gasteiger partial charge is 0.0674 e. The molecule has 1 rings (SSSR count). The van der Waals surface area contributed by atoms with Crippen molar-refractivity contribution in [1.82, 2.24) is 10.2 Å². The normalized spacial score (nSPS) is 28.2. The first kappa shape index (κ1) is 14.9. The first-order valence-electron chi connectivity index (χ1n) is 7.23. The van der Waals surface area contributed by atoms with Gasteiger partial charge in [-0.2, -0.15) is 0 Å². The van der Waals surface area contributed by atoms with Gasteiger partial charge in [0.05, 0.1) is 12.7 Å². The Morgan fingerprint density at radius 1 is 1.35 bits per heavy atom. The lowest BCUT2D eigenvalue weighted by molar-refractivity contribution is -0.0629.